The Morgan fingerprint density at radius 1 is 0.680 bits per heavy atom. The molecule has 0 aromatic heterocycles. The van der Waals surface area contributed by atoms with E-state index in [9.17, 15) is 4.79 Å². The smallest absolute Gasteiger partial charge is 0.238 e. The third-order valence-corrected chi connectivity index (χ3v) is 4.86. The number of unbranched alkanes of at least 4 members (excludes halogenated alkanes) is 14. The standard InChI is InChI=1S/C20H41N3OS/c1-3-4-5-6-7-8-9-10-11-12-13-14-15-16-17-18-19(24)22-23-20(25)21-2/h3-18H2,1-2H3,(H,22,24)(H2,21,23,25). The van der Waals surface area contributed by atoms with Crippen LogP contribution in [0.15, 0.2) is 0 Å². The number of hydrazine groups is 1. The van der Waals surface area contributed by atoms with Gasteiger partial charge in [0, 0.05) is 13.5 Å². The molecule has 0 radical (unpaired) electrons. The van der Waals surface area contributed by atoms with Crippen LogP contribution in [0.25, 0.3) is 0 Å². The van der Waals surface area contributed by atoms with Crippen LogP contribution in [0.5, 0.6) is 0 Å². The van der Waals surface area contributed by atoms with Crippen LogP contribution in [0.3, 0.4) is 0 Å². The topological polar surface area (TPSA) is 53.2 Å². The Kier molecular flexibility index (Phi) is 18.8. The van der Waals surface area contributed by atoms with Crippen molar-refractivity contribution in [2.24, 2.45) is 0 Å². The summed E-state index contributed by atoms with van der Waals surface area (Å²) in [6.07, 6.45) is 20.6. The third kappa shape index (κ3) is 19.3. The van der Waals surface area contributed by atoms with Gasteiger partial charge in [-0.05, 0) is 18.6 Å². The molecule has 0 saturated heterocycles. The molecule has 0 saturated carbocycles. The van der Waals surface area contributed by atoms with Gasteiger partial charge in [-0.1, -0.05) is 96.8 Å². The first-order chi connectivity index (χ1) is 12.2. The highest BCUT2D eigenvalue weighted by Gasteiger charge is 2.01. The number of carbonyl (C=O) groups excluding carboxylic acids is 1. The number of hydrogen-bond acceptors (Lipinski definition) is 2. The van der Waals surface area contributed by atoms with Gasteiger partial charge in [-0.15, -0.1) is 0 Å². The zero-order valence-corrected chi connectivity index (χ0v) is 17.4. The first-order valence-electron chi connectivity index (χ1n) is 10.5. The maximum absolute atomic E-state index is 11.5. The summed E-state index contributed by atoms with van der Waals surface area (Å²) in [4.78, 5) is 11.5. The minimum absolute atomic E-state index is 0.00675. The van der Waals surface area contributed by atoms with Gasteiger partial charge in [-0.3, -0.25) is 15.6 Å². The molecular formula is C20H41N3OS. The fourth-order valence-corrected chi connectivity index (χ4v) is 2.96. The van der Waals surface area contributed by atoms with Crippen LogP contribution >= 0.6 is 12.2 Å². The summed E-state index contributed by atoms with van der Waals surface area (Å²) >= 11 is 4.89. The van der Waals surface area contributed by atoms with E-state index in [1.165, 1.54) is 83.5 Å². The molecule has 1 amide bonds. The van der Waals surface area contributed by atoms with E-state index in [-0.39, 0.29) is 5.91 Å². The second-order valence-electron chi connectivity index (χ2n) is 6.95. The molecule has 0 aromatic rings. The second kappa shape index (κ2) is 19.5. The number of rotatable bonds is 16. The SMILES string of the molecule is CCCCCCCCCCCCCCCCCC(=O)NNC(=S)NC. The Morgan fingerprint density at radius 3 is 1.48 bits per heavy atom. The van der Waals surface area contributed by atoms with Crippen LogP contribution in [0.4, 0.5) is 0 Å². The average Bonchev–Trinajstić information content (AvgIpc) is 2.62. The lowest BCUT2D eigenvalue weighted by molar-refractivity contribution is -0.121. The van der Waals surface area contributed by atoms with E-state index in [1.54, 1.807) is 7.05 Å². The minimum Gasteiger partial charge on any atom is -0.364 e. The van der Waals surface area contributed by atoms with Crippen molar-refractivity contribution in [3.8, 4) is 0 Å². The monoisotopic (exact) mass is 371 g/mol. The molecule has 148 valence electrons. The Morgan fingerprint density at radius 2 is 1.08 bits per heavy atom. The normalized spacial score (nSPS) is 10.5. The quantitative estimate of drug-likeness (QED) is 0.194. The summed E-state index contributed by atoms with van der Waals surface area (Å²) < 4.78 is 0. The predicted octanol–water partition coefficient (Wildman–Crippen LogP) is 5.37. The summed E-state index contributed by atoms with van der Waals surface area (Å²) in [6.45, 7) is 2.27. The molecule has 0 fully saturated rings. The molecule has 0 bridgehead atoms. The molecule has 0 aromatic carbocycles. The average molecular weight is 372 g/mol. The number of hydrogen-bond donors (Lipinski definition) is 3. The first-order valence-corrected chi connectivity index (χ1v) is 10.9. The molecule has 0 aliphatic carbocycles. The van der Waals surface area contributed by atoms with Crippen LogP contribution in [-0.4, -0.2) is 18.1 Å². The van der Waals surface area contributed by atoms with Crippen molar-refractivity contribution in [3.63, 3.8) is 0 Å². The lowest BCUT2D eigenvalue weighted by Crippen LogP contribution is -2.45. The zero-order chi connectivity index (χ0) is 18.6. The van der Waals surface area contributed by atoms with Gasteiger partial charge in [0.25, 0.3) is 0 Å². The van der Waals surface area contributed by atoms with E-state index < -0.39 is 0 Å². The van der Waals surface area contributed by atoms with Crippen molar-refractivity contribution in [1.82, 2.24) is 16.2 Å². The maximum atomic E-state index is 11.5. The summed E-state index contributed by atoms with van der Waals surface area (Å²) in [5.41, 5.74) is 5.25. The molecule has 0 aliphatic rings. The highest BCUT2D eigenvalue weighted by atomic mass is 32.1. The molecule has 0 atom stereocenters. The van der Waals surface area contributed by atoms with E-state index in [2.05, 4.69) is 23.1 Å². The van der Waals surface area contributed by atoms with Crippen LogP contribution in [0.2, 0.25) is 0 Å². The fourth-order valence-electron chi connectivity index (χ4n) is 2.91. The van der Waals surface area contributed by atoms with Gasteiger partial charge in [0.1, 0.15) is 0 Å². The minimum atomic E-state index is 0.00675. The van der Waals surface area contributed by atoms with Gasteiger partial charge >= 0.3 is 0 Å². The molecule has 3 N–H and O–H groups in total. The van der Waals surface area contributed by atoms with E-state index >= 15 is 0 Å². The number of amides is 1. The Balaban J connectivity index is 3.14. The number of thiocarbonyl (C=S) groups is 1. The molecule has 4 nitrogen and oxygen atoms in total. The van der Waals surface area contributed by atoms with Crippen molar-refractivity contribution in [2.45, 2.75) is 110 Å². The van der Waals surface area contributed by atoms with E-state index in [4.69, 9.17) is 12.2 Å². The third-order valence-electron chi connectivity index (χ3n) is 4.55. The van der Waals surface area contributed by atoms with Crippen LogP contribution in [0, 0.1) is 0 Å². The molecular weight excluding hydrogens is 330 g/mol. The van der Waals surface area contributed by atoms with E-state index in [0.717, 1.165) is 12.8 Å². The van der Waals surface area contributed by atoms with Crippen molar-refractivity contribution in [2.75, 3.05) is 7.05 Å². The molecule has 0 unspecified atom stereocenters. The highest BCUT2D eigenvalue weighted by Crippen LogP contribution is 2.13. The Hall–Kier alpha value is -0.840. The summed E-state index contributed by atoms with van der Waals surface area (Å²) in [7, 11) is 1.72. The predicted molar refractivity (Wildman–Crippen MR) is 112 cm³/mol. The van der Waals surface area contributed by atoms with Crippen LogP contribution in [-0.2, 0) is 4.79 Å². The summed E-state index contributed by atoms with van der Waals surface area (Å²) in [5, 5.41) is 3.18. The second-order valence-corrected chi connectivity index (χ2v) is 7.36. The van der Waals surface area contributed by atoms with Crippen LogP contribution in [0.1, 0.15) is 110 Å². The maximum Gasteiger partial charge on any atom is 0.238 e. The molecule has 25 heavy (non-hydrogen) atoms. The van der Waals surface area contributed by atoms with Gasteiger partial charge in [0.05, 0.1) is 0 Å². The largest absolute Gasteiger partial charge is 0.364 e. The lowest BCUT2D eigenvalue weighted by Gasteiger charge is -2.08. The van der Waals surface area contributed by atoms with Gasteiger partial charge < -0.3 is 5.32 Å². The zero-order valence-electron chi connectivity index (χ0n) is 16.6. The van der Waals surface area contributed by atoms with Gasteiger partial charge in [-0.25, -0.2) is 0 Å². The number of nitrogens with one attached hydrogen (secondary N) is 3. The molecule has 0 aliphatic heterocycles. The molecule has 0 spiro atoms. The first kappa shape index (κ1) is 24.2. The van der Waals surface area contributed by atoms with E-state index in [1.807, 2.05) is 0 Å². The van der Waals surface area contributed by atoms with E-state index in [0.29, 0.717) is 11.5 Å². The van der Waals surface area contributed by atoms with Crippen molar-refractivity contribution < 1.29 is 4.79 Å². The van der Waals surface area contributed by atoms with Crippen molar-refractivity contribution in [1.29, 1.82) is 0 Å². The Labute approximate surface area is 161 Å². The van der Waals surface area contributed by atoms with Crippen LogP contribution < -0.4 is 16.2 Å². The van der Waals surface area contributed by atoms with Gasteiger partial charge in [0.15, 0.2) is 5.11 Å². The molecule has 5 heteroatoms. The summed E-state index contributed by atoms with van der Waals surface area (Å²) in [6, 6.07) is 0. The van der Waals surface area contributed by atoms with Crippen molar-refractivity contribution >= 4 is 23.2 Å². The van der Waals surface area contributed by atoms with Crippen molar-refractivity contribution in [3.05, 3.63) is 0 Å². The highest BCUT2D eigenvalue weighted by molar-refractivity contribution is 7.80. The molecule has 0 rings (SSSR count). The number of carbonyl (C=O) groups is 1. The summed E-state index contributed by atoms with van der Waals surface area (Å²) in [5.74, 6) is 0.00675. The Bertz CT molecular complexity index is 324. The molecule has 0 heterocycles. The fraction of sp³-hybridized carbons (Fsp3) is 0.900. The lowest BCUT2D eigenvalue weighted by atomic mass is 10.0. The van der Waals surface area contributed by atoms with Gasteiger partial charge in [-0.2, -0.15) is 0 Å². The van der Waals surface area contributed by atoms with Gasteiger partial charge in [0.2, 0.25) is 5.91 Å².